The van der Waals surface area contributed by atoms with Gasteiger partial charge in [-0.3, -0.25) is 4.79 Å². The fourth-order valence-electron chi connectivity index (χ4n) is 3.87. The molecule has 3 aromatic carbocycles. The standard InChI is InChI=1S/C28H26N2O4/c1-2-24(21-5-3-4-19(14-21)15-27(33)34)28(22-11-12-25(30)23(16-22)17-29)20-9-6-18(7-10-20)8-13-26(31)32/h3-14,16-17,29H,2,15,30H2,1H3,(H,31,32)(H,33,34)/b13-8+,28-24+,29-17?. The van der Waals surface area contributed by atoms with Crippen molar-refractivity contribution in [2.24, 2.45) is 0 Å². The van der Waals surface area contributed by atoms with E-state index in [0.717, 1.165) is 39.5 Å². The summed E-state index contributed by atoms with van der Waals surface area (Å²) in [5, 5.41) is 25.8. The molecule has 3 rings (SSSR count). The van der Waals surface area contributed by atoms with Crippen molar-refractivity contribution in [3.8, 4) is 0 Å². The van der Waals surface area contributed by atoms with Crippen LogP contribution in [0.4, 0.5) is 5.69 Å². The lowest BCUT2D eigenvalue weighted by Gasteiger charge is -2.18. The van der Waals surface area contributed by atoms with Gasteiger partial charge in [-0.1, -0.05) is 61.5 Å². The number of hydrogen-bond acceptors (Lipinski definition) is 4. The van der Waals surface area contributed by atoms with E-state index in [1.165, 1.54) is 12.3 Å². The highest BCUT2D eigenvalue weighted by Gasteiger charge is 2.15. The molecule has 0 amide bonds. The fraction of sp³-hybridized carbons (Fsp3) is 0.107. The molecule has 0 aliphatic rings. The molecule has 6 heteroatoms. The van der Waals surface area contributed by atoms with Crippen LogP contribution in [0.15, 0.2) is 72.8 Å². The predicted molar refractivity (Wildman–Crippen MR) is 136 cm³/mol. The van der Waals surface area contributed by atoms with Gasteiger partial charge in [0.1, 0.15) is 0 Å². The summed E-state index contributed by atoms with van der Waals surface area (Å²) in [6, 6.07) is 20.6. The quantitative estimate of drug-likeness (QED) is 0.150. The summed E-state index contributed by atoms with van der Waals surface area (Å²) >= 11 is 0. The summed E-state index contributed by atoms with van der Waals surface area (Å²) in [6.45, 7) is 2.04. The Hall–Kier alpha value is -4.45. The number of allylic oxidation sites excluding steroid dienone is 1. The van der Waals surface area contributed by atoms with E-state index in [4.69, 9.17) is 16.2 Å². The second kappa shape index (κ2) is 10.9. The minimum atomic E-state index is -1.01. The summed E-state index contributed by atoms with van der Waals surface area (Å²) in [4.78, 5) is 22.1. The van der Waals surface area contributed by atoms with E-state index in [0.29, 0.717) is 23.2 Å². The number of carbonyl (C=O) groups is 2. The monoisotopic (exact) mass is 454 g/mol. The first-order chi connectivity index (χ1) is 16.3. The molecule has 172 valence electrons. The third kappa shape index (κ3) is 5.86. The number of carboxylic acids is 2. The smallest absolute Gasteiger partial charge is 0.328 e. The normalized spacial score (nSPS) is 11.8. The Bertz CT molecular complexity index is 1290. The highest BCUT2D eigenvalue weighted by Crippen LogP contribution is 2.36. The highest BCUT2D eigenvalue weighted by molar-refractivity contribution is 6.00. The maximum Gasteiger partial charge on any atom is 0.328 e. The number of nitrogens with one attached hydrogen (secondary N) is 1. The van der Waals surface area contributed by atoms with Crippen LogP contribution in [0.5, 0.6) is 0 Å². The highest BCUT2D eigenvalue weighted by atomic mass is 16.4. The number of rotatable bonds is 9. The van der Waals surface area contributed by atoms with E-state index in [1.807, 2.05) is 61.5 Å². The summed E-state index contributed by atoms with van der Waals surface area (Å²) in [7, 11) is 0. The largest absolute Gasteiger partial charge is 0.481 e. The van der Waals surface area contributed by atoms with Crippen molar-refractivity contribution in [2.75, 3.05) is 5.73 Å². The first kappa shape index (κ1) is 24.2. The third-order valence-electron chi connectivity index (χ3n) is 5.43. The molecule has 0 aromatic heterocycles. The van der Waals surface area contributed by atoms with Crippen LogP contribution in [0.25, 0.3) is 17.2 Å². The summed E-state index contributed by atoms with van der Waals surface area (Å²) in [6.07, 6.45) is 4.45. The molecular weight excluding hydrogens is 428 g/mol. The number of benzene rings is 3. The molecule has 34 heavy (non-hydrogen) atoms. The van der Waals surface area contributed by atoms with E-state index < -0.39 is 11.9 Å². The second-order valence-corrected chi connectivity index (χ2v) is 7.76. The van der Waals surface area contributed by atoms with Crippen molar-refractivity contribution in [3.63, 3.8) is 0 Å². The number of aliphatic carboxylic acids is 2. The van der Waals surface area contributed by atoms with Crippen molar-refractivity contribution < 1.29 is 19.8 Å². The lowest BCUT2D eigenvalue weighted by molar-refractivity contribution is -0.136. The van der Waals surface area contributed by atoms with Crippen molar-refractivity contribution in [1.29, 1.82) is 5.41 Å². The summed E-state index contributed by atoms with van der Waals surface area (Å²) in [5.41, 5.74) is 13.3. The van der Waals surface area contributed by atoms with E-state index in [2.05, 4.69) is 0 Å². The minimum Gasteiger partial charge on any atom is -0.481 e. The van der Waals surface area contributed by atoms with Gasteiger partial charge in [0.05, 0.1) is 6.42 Å². The zero-order valence-electron chi connectivity index (χ0n) is 18.8. The van der Waals surface area contributed by atoms with E-state index >= 15 is 0 Å². The van der Waals surface area contributed by atoms with Gasteiger partial charge in [0.2, 0.25) is 0 Å². The molecule has 0 saturated carbocycles. The van der Waals surface area contributed by atoms with Gasteiger partial charge in [-0.15, -0.1) is 0 Å². The number of nitrogens with two attached hydrogens (primary N) is 1. The predicted octanol–water partition coefficient (Wildman–Crippen LogP) is 5.36. The van der Waals surface area contributed by atoms with Gasteiger partial charge < -0.3 is 21.4 Å². The SMILES string of the molecule is CC/C(=C(/c1ccc(/C=C/C(=O)O)cc1)c1ccc(N)c(C=N)c1)c1cccc(CC(=O)O)c1. The van der Waals surface area contributed by atoms with Crippen LogP contribution in [0.3, 0.4) is 0 Å². The van der Waals surface area contributed by atoms with Gasteiger partial charge in [0, 0.05) is 23.5 Å². The molecule has 0 fully saturated rings. The molecular formula is C28H26N2O4. The van der Waals surface area contributed by atoms with Crippen LogP contribution in [0.2, 0.25) is 0 Å². The van der Waals surface area contributed by atoms with Gasteiger partial charge in [-0.05, 0) is 63.6 Å². The lowest BCUT2D eigenvalue weighted by Crippen LogP contribution is -2.02. The van der Waals surface area contributed by atoms with Crippen LogP contribution in [-0.2, 0) is 16.0 Å². The summed E-state index contributed by atoms with van der Waals surface area (Å²) < 4.78 is 0. The zero-order valence-corrected chi connectivity index (χ0v) is 18.8. The van der Waals surface area contributed by atoms with Crippen LogP contribution >= 0.6 is 0 Å². The lowest BCUT2D eigenvalue weighted by atomic mass is 9.86. The molecule has 0 heterocycles. The molecule has 0 aliphatic heterocycles. The Kier molecular flexibility index (Phi) is 7.77. The van der Waals surface area contributed by atoms with Crippen LogP contribution in [0, 0.1) is 5.41 Å². The Morgan fingerprint density at radius 2 is 1.65 bits per heavy atom. The molecule has 0 bridgehead atoms. The van der Waals surface area contributed by atoms with Crippen LogP contribution < -0.4 is 5.73 Å². The average Bonchev–Trinajstić information content (AvgIpc) is 2.82. The van der Waals surface area contributed by atoms with Gasteiger partial charge in [0.15, 0.2) is 0 Å². The van der Waals surface area contributed by atoms with E-state index in [9.17, 15) is 14.7 Å². The number of anilines is 1. The Morgan fingerprint density at radius 3 is 2.26 bits per heavy atom. The Labute approximate surface area is 198 Å². The number of hydrogen-bond donors (Lipinski definition) is 4. The fourth-order valence-corrected chi connectivity index (χ4v) is 3.87. The van der Waals surface area contributed by atoms with Gasteiger partial charge in [-0.25, -0.2) is 4.79 Å². The van der Waals surface area contributed by atoms with Crippen molar-refractivity contribution in [1.82, 2.24) is 0 Å². The molecule has 6 nitrogen and oxygen atoms in total. The molecule has 0 atom stereocenters. The molecule has 0 radical (unpaired) electrons. The number of carboxylic acid groups (broad SMARTS) is 2. The van der Waals surface area contributed by atoms with Crippen molar-refractivity contribution in [2.45, 2.75) is 19.8 Å². The zero-order chi connectivity index (χ0) is 24.7. The summed E-state index contributed by atoms with van der Waals surface area (Å²) in [5.74, 6) is -1.90. The van der Waals surface area contributed by atoms with Crippen molar-refractivity contribution in [3.05, 3.63) is 106 Å². The first-order valence-electron chi connectivity index (χ1n) is 10.8. The minimum absolute atomic E-state index is 0.0649. The topological polar surface area (TPSA) is 124 Å². The Balaban J connectivity index is 2.24. The molecule has 3 aromatic rings. The molecule has 0 aliphatic carbocycles. The molecule has 0 saturated heterocycles. The van der Waals surface area contributed by atoms with Crippen LogP contribution in [-0.4, -0.2) is 28.4 Å². The molecule has 5 N–H and O–H groups in total. The van der Waals surface area contributed by atoms with Crippen LogP contribution in [0.1, 0.15) is 46.7 Å². The average molecular weight is 455 g/mol. The second-order valence-electron chi connectivity index (χ2n) is 7.76. The third-order valence-corrected chi connectivity index (χ3v) is 5.43. The maximum absolute atomic E-state index is 11.2. The van der Waals surface area contributed by atoms with Gasteiger partial charge in [-0.2, -0.15) is 0 Å². The molecule has 0 unspecified atom stereocenters. The van der Waals surface area contributed by atoms with E-state index in [-0.39, 0.29) is 6.42 Å². The van der Waals surface area contributed by atoms with Gasteiger partial charge in [0.25, 0.3) is 0 Å². The first-order valence-corrected chi connectivity index (χ1v) is 10.8. The Morgan fingerprint density at radius 1 is 0.941 bits per heavy atom. The molecule has 0 spiro atoms. The number of nitrogen functional groups attached to an aromatic ring is 1. The van der Waals surface area contributed by atoms with E-state index in [1.54, 1.807) is 12.1 Å². The maximum atomic E-state index is 11.2. The van der Waals surface area contributed by atoms with Crippen molar-refractivity contribution >= 4 is 41.1 Å². The van der Waals surface area contributed by atoms with Gasteiger partial charge >= 0.3 is 11.9 Å².